The molecule has 1 atom stereocenters. The SMILES string of the molecule is CC[C@H](C)NS(=O)(=O)c1ccc(C(=O)NC2CCCCCC2)cc1. The molecule has 0 aromatic heterocycles. The summed E-state index contributed by atoms with van der Waals surface area (Å²) >= 11 is 0. The summed E-state index contributed by atoms with van der Waals surface area (Å²) in [4.78, 5) is 12.5. The van der Waals surface area contributed by atoms with E-state index in [0.717, 1.165) is 32.1 Å². The summed E-state index contributed by atoms with van der Waals surface area (Å²) in [5, 5.41) is 3.07. The van der Waals surface area contributed by atoms with Gasteiger partial charge in [-0.25, -0.2) is 13.1 Å². The van der Waals surface area contributed by atoms with Gasteiger partial charge in [-0.15, -0.1) is 0 Å². The highest BCUT2D eigenvalue weighted by molar-refractivity contribution is 7.89. The van der Waals surface area contributed by atoms with E-state index in [9.17, 15) is 13.2 Å². The van der Waals surface area contributed by atoms with Gasteiger partial charge in [-0.2, -0.15) is 0 Å². The molecule has 5 nitrogen and oxygen atoms in total. The minimum atomic E-state index is -3.53. The van der Waals surface area contributed by atoms with Gasteiger partial charge < -0.3 is 5.32 Å². The Morgan fingerprint density at radius 3 is 2.25 bits per heavy atom. The topological polar surface area (TPSA) is 75.3 Å². The lowest BCUT2D eigenvalue weighted by molar-refractivity contribution is 0.0933. The molecule has 1 aliphatic carbocycles. The lowest BCUT2D eigenvalue weighted by Gasteiger charge is -2.16. The molecule has 0 heterocycles. The van der Waals surface area contributed by atoms with Crippen molar-refractivity contribution in [3.63, 3.8) is 0 Å². The highest BCUT2D eigenvalue weighted by atomic mass is 32.2. The smallest absolute Gasteiger partial charge is 0.251 e. The van der Waals surface area contributed by atoms with Crippen LogP contribution < -0.4 is 10.0 Å². The maximum absolute atomic E-state index is 12.3. The predicted molar refractivity (Wildman–Crippen MR) is 95.5 cm³/mol. The first-order chi connectivity index (χ1) is 11.4. The Bertz CT molecular complexity index is 633. The summed E-state index contributed by atoms with van der Waals surface area (Å²) in [5.74, 6) is -0.124. The summed E-state index contributed by atoms with van der Waals surface area (Å²) in [6.07, 6.45) is 7.56. The summed E-state index contributed by atoms with van der Waals surface area (Å²) in [7, 11) is -3.53. The van der Waals surface area contributed by atoms with Crippen molar-refractivity contribution >= 4 is 15.9 Å². The molecule has 134 valence electrons. The Morgan fingerprint density at radius 1 is 1.12 bits per heavy atom. The molecule has 6 heteroatoms. The van der Waals surface area contributed by atoms with E-state index in [4.69, 9.17) is 0 Å². The van der Waals surface area contributed by atoms with E-state index in [1.165, 1.54) is 25.0 Å². The van der Waals surface area contributed by atoms with E-state index in [1.807, 2.05) is 13.8 Å². The van der Waals surface area contributed by atoms with Gasteiger partial charge in [0.05, 0.1) is 4.90 Å². The van der Waals surface area contributed by atoms with Gasteiger partial charge in [0, 0.05) is 17.6 Å². The Kier molecular flexibility index (Phi) is 6.80. The molecule has 1 saturated carbocycles. The van der Waals surface area contributed by atoms with E-state index < -0.39 is 10.0 Å². The number of carbonyl (C=O) groups is 1. The van der Waals surface area contributed by atoms with Gasteiger partial charge in [0.2, 0.25) is 10.0 Å². The average molecular weight is 353 g/mol. The average Bonchev–Trinajstić information content (AvgIpc) is 2.83. The minimum absolute atomic E-state index is 0.117. The van der Waals surface area contributed by atoms with Gasteiger partial charge in [0.25, 0.3) is 5.91 Å². The number of carbonyl (C=O) groups excluding carboxylic acids is 1. The number of sulfonamides is 1. The number of hydrogen-bond acceptors (Lipinski definition) is 3. The molecule has 1 amide bonds. The van der Waals surface area contributed by atoms with E-state index in [1.54, 1.807) is 12.1 Å². The maximum atomic E-state index is 12.3. The van der Waals surface area contributed by atoms with Crippen LogP contribution in [0.4, 0.5) is 0 Å². The second-order valence-corrected chi connectivity index (χ2v) is 8.33. The lowest BCUT2D eigenvalue weighted by atomic mass is 10.1. The predicted octanol–water partition coefficient (Wildman–Crippen LogP) is 3.22. The van der Waals surface area contributed by atoms with Crippen LogP contribution in [0.5, 0.6) is 0 Å². The van der Waals surface area contributed by atoms with Crippen LogP contribution >= 0.6 is 0 Å². The van der Waals surface area contributed by atoms with Gasteiger partial charge >= 0.3 is 0 Å². The van der Waals surface area contributed by atoms with Crippen LogP contribution in [0.15, 0.2) is 29.2 Å². The van der Waals surface area contributed by atoms with Crippen molar-refractivity contribution in [3.05, 3.63) is 29.8 Å². The van der Waals surface area contributed by atoms with Crippen molar-refractivity contribution < 1.29 is 13.2 Å². The molecule has 0 bridgehead atoms. The molecule has 0 saturated heterocycles. The van der Waals surface area contributed by atoms with E-state index in [-0.39, 0.29) is 22.9 Å². The van der Waals surface area contributed by atoms with Crippen LogP contribution in [-0.4, -0.2) is 26.4 Å². The van der Waals surface area contributed by atoms with Crippen molar-refractivity contribution in [2.75, 3.05) is 0 Å². The van der Waals surface area contributed by atoms with Crippen molar-refractivity contribution in [2.24, 2.45) is 0 Å². The molecule has 2 N–H and O–H groups in total. The fourth-order valence-corrected chi connectivity index (χ4v) is 4.22. The second-order valence-electron chi connectivity index (χ2n) is 6.62. The van der Waals surface area contributed by atoms with Gasteiger partial charge in [0.1, 0.15) is 0 Å². The molecule has 1 aliphatic rings. The van der Waals surface area contributed by atoms with E-state index >= 15 is 0 Å². The zero-order chi connectivity index (χ0) is 17.6. The molecular weight excluding hydrogens is 324 g/mol. The molecule has 1 aromatic carbocycles. The Hall–Kier alpha value is -1.40. The van der Waals surface area contributed by atoms with Crippen molar-refractivity contribution in [1.82, 2.24) is 10.0 Å². The third kappa shape index (κ3) is 5.31. The summed E-state index contributed by atoms with van der Waals surface area (Å²) in [6.45, 7) is 3.75. The molecule has 1 aromatic rings. The number of benzene rings is 1. The van der Waals surface area contributed by atoms with Crippen LogP contribution in [0.1, 0.15) is 69.2 Å². The normalized spacial score (nSPS) is 17.9. The summed E-state index contributed by atoms with van der Waals surface area (Å²) in [6, 6.07) is 6.26. The first-order valence-corrected chi connectivity index (χ1v) is 10.3. The molecule has 0 unspecified atom stereocenters. The van der Waals surface area contributed by atoms with Gasteiger partial charge in [-0.05, 0) is 50.5 Å². The molecule has 0 aliphatic heterocycles. The number of amides is 1. The van der Waals surface area contributed by atoms with Gasteiger partial charge in [-0.3, -0.25) is 4.79 Å². The monoisotopic (exact) mass is 352 g/mol. The van der Waals surface area contributed by atoms with Crippen LogP contribution in [0.25, 0.3) is 0 Å². The quantitative estimate of drug-likeness (QED) is 0.772. The highest BCUT2D eigenvalue weighted by Gasteiger charge is 2.19. The Labute approximate surface area is 145 Å². The standard InChI is InChI=1S/C18H28N2O3S/c1-3-14(2)20-24(22,23)17-12-10-15(11-13-17)18(21)19-16-8-6-4-5-7-9-16/h10-14,16,20H,3-9H2,1-2H3,(H,19,21)/t14-/m0/s1. The molecular formula is C18H28N2O3S. The first kappa shape index (κ1) is 18.9. The number of nitrogens with one attached hydrogen (secondary N) is 2. The minimum Gasteiger partial charge on any atom is -0.349 e. The van der Waals surface area contributed by atoms with E-state index in [0.29, 0.717) is 5.56 Å². The molecule has 0 spiro atoms. The van der Waals surface area contributed by atoms with Gasteiger partial charge in [-0.1, -0.05) is 32.6 Å². The molecule has 2 rings (SSSR count). The Morgan fingerprint density at radius 2 is 1.71 bits per heavy atom. The highest BCUT2D eigenvalue weighted by Crippen LogP contribution is 2.18. The molecule has 24 heavy (non-hydrogen) atoms. The van der Waals surface area contributed by atoms with Crippen LogP contribution in [-0.2, 0) is 10.0 Å². The van der Waals surface area contributed by atoms with Crippen molar-refractivity contribution in [2.45, 2.75) is 75.8 Å². The van der Waals surface area contributed by atoms with Crippen LogP contribution in [0.3, 0.4) is 0 Å². The zero-order valence-corrected chi connectivity index (χ0v) is 15.4. The van der Waals surface area contributed by atoms with Gasteiger partial charge in [0.15, 0.2) is 0 Å². The fraction of sp³-hybridized carbons (Fsp3) is 0.611. The largest absolute Gasteiger partial charge is 0.349 e. The number of rotatable bonds is 6. The van der Waals surface area contributed by atoms with E-state index in [2.05, 4.69) is 10.0 Å². The summed E-state index contributed by atoms with van der Waals surface area (Å²) < 4.78 is 27.1. The second kappa shape index (κ2) is 8.62. The summed E-state index contributed by atoms with van der Waals surface area (Å²) in [5.41, 5.74) is 0.502. The Balaban J connectivity index is 2.01. The third-order valence-corrected chi connectivity index (χ3v) is 6.19. The van der Waals surface area contributed by atoms with Crippen LogP contribution in [0.2, 0.25) is 0 Å². The fourth-order valence-electron chi connectivity index (χ4n) is 2.89. The third-order valence-electron chi connectivity index (χ3n) is 4.59. The van der Waals surface area contributed by atoms with Crippen LogP contribution in [0, 0.1) is 0 Å². The van der Waals surface area contributed by atoms with Crippen molar-refractivity contribution in [1.29, 1.82) is 0 Å². The molecule has 0 radical (unpaired) electrons. The number of hydrogen-bond donors (Lipinski definition) is 2. The van der Waals surface area contributed by atoms with Crippen molar-refractivity contribution in [3.8, 4) is 0 Å². The zero-order valence-electron chi connectivity index (χ0n) is 14.5. The lowest BCUT2D eigenvalue weighted by Crippen LogP contribution is -2.34. The molecule has 1 fully saturated rings. The maximum Gasteiger partial charge on any atom is 0.251 e. The first-order valence-electron chi connectivity index (χ1n) is 8.85.